The van der Waals surface area contributed by atoms with Gasteiger partial charge in [0, 0.05) is 18.6 Å². The number of sulfonamides is 1. The molecule has 6 nitrogen and oxygen atoms in total. The molecule has 2 aliphatic heterocycles. The molecule has 2 unspecified atom stereocenters. The Kier molecular flexibility index (Phi) is 3.13. The van der Waals surface area contributed by atoms with Crippen LogP contribution in [-0.4, -0.2) is 48.1 Å². The average Bonchev–Trinajstić information content (AvgIpc) is 3.11. The highest BCUT2D eigenvalue weighted by molar-refractivity contribution is 7.89. The third kappa shape index (κ3) is 1.96. The molecule has 0 aromatic carbocycles. The summed E-state index contributed by atoms with van der Waals surface area (Å²) < 4.78 is 26.6. The fourth-order valence-electron chi connectivity index (χ4n) is 3.02. The van der Waals surface area contributed by atoms with Crippen molar-refractivity contribution < 1.29 is 8.42 Å². The Morgan fingerprint density at radius 1 is 1.33 bits per heavy atom. The van der Waals surface area contributed by atoms with Gasteiger partial charge in [-0.2, -0.15) is 9.40 Å². The summed E-state index contributed by atoms with van der Waals surface area (Å²) in [5.74, 6) is 0. The van der Waals surface area contributed by atoms with Gasteiger partial charge in [0.2, 0.25) is 0 Å². The molecular weight excluding hydrogens is 252 g/mol. The fourth-order valence-corrected chi connectivity index (χ4v) is 4.65. The average molecular weight is 270 g/mol. The van der Waals surface area contributed by atoms with Gasteiger partial charge in [-0.25, -0.2) is 8.42 Å². The van der Waals surface area contributed by atoms with Crippen LogP contribution in [-0.2, 0) is 10.0 Å². The van der Waals surface area contributed by atoms with Crippen LogP contribution in [0.5, 0.6) is 0 Å². The lowest BCUT2D eigenvalue weighted by Gasteiger charge is -2.28. The summed E-state index contributed by atoms with van der Waals surface area (Å²) in [4.78, 5) is 0. The number of nitrogens with one attached hydrogen (secondary N) is 2. The standard InChI is InChI=1S/C11H18N4O2S/c16-18(17,11-5-7-13-14-11)15-8-2-4-10(15)9-3-1-6-12-9/h5,7,9-10,12H,1-4,6,8H2,(H,13,14). The Balaban J connectivity index is 1.86. The van der Waals surface area contributed by atoms with Gasteiger partial charge >= 0.3 is 0 Å². The van der Waals surface area contributed by atoms with Crippen molar-refractivity contribution >= 4 is 10.0 Å². The van der Waals surface area contributed by atoms with Gasteiger partial charge in [0.15, 0.2) is 5.03 Å². The van der Waals surface area contributed by atoms with Crippen molar-refractivity contribution in [2.75, 3.05) is 13.1 Å². The van der Waals surface area contributed by atoms with Crippen molar-refractivity contribution in [1.82, 2.24) is 19.8 Å². The summed E-state index contributed by atoms with van der Waals surface area (Å²) in [5, 5.41) is 9.92. The number of H-pyrrole nitrogens is 1. The second kappa shape index (κ2) is 4.64. The summed E-state index contributed by atoms with van der Waals surface area (Å²) in [6, 6.07) is 1.93. The first-order chi connectivity index (χ1) is 8.69. The van der Waals surface area contributed by atoms with E-state index < -0.39 is 10.0 Å². The van der Waals surface area contributed by atoms with Gasteiger partial charge in [-0.15, -0.1) is 0 Å². The van der Waals surface area contributed by atoms with Crippen LogP contribution >= 0.6 is 0 Å². The SMILES string of the molecule is O=S(=O)(c1ccn[nH]1)N1CCCC1C1CCCN1. The lowest BCUT2D eigenvalue weighted by Crippen LogP contribution is -2.46. The van der Waals surface area contributed by atoms with E-state index in [2.05, 4.69) is 15.5 Å². The van der Waals surface area contributed by atoms with E-state index in [-0.39, 0.29) is 11.1 Å². The molecule has 0 bridgehead atoms. The summed E-state index contributed by atoms with van der Waals surface area (Å²) in [7, 11) is -3.41. The maximum Gasteiger partial charge on any atom is 0.260 e. The normalized spacial score (nSPS) is 30.0. The van der Waals surface area contributed by atoms with E-state index in [9.17, 15) is 8.42 Å². The molecule has 7 heteroatoms. The predicted octanol–water partition coefficient (Wildman–Crippen LogP) is 0.315. The van der Waals surface area contributed by atoms with E-state index in [1.165, 1.54) is 12.3 Å². The van der Waals surface area contributed by atoms with Crippen molar-refractivity contribution in [3.8, 4) is 0 Å². The minimum atomic E-state index is -3.41. The predicted molar refractivity (Wildman–Crippen MR) is 66.5 cm³/mol. The van der Waals surface area contributed by atoms with Crippen molar-refractivity contribution in [3.05, 3.63) is 12.3 Å². The van der Waals surface area contributed by atoms with Crippen LogP contribution in [0.4, 0.5) is 0 Å². The quantitative estimate of drug-likeness (QED) is 0.829. The molecule has 2 saturated heterocycles. The Morgan fingerprint density at radius 3 is 2.89 bits per heavy atom. The first kappa shape index (κ1) is 12.1. The van der Waals surface area contributed by atoms with Crippen LogP contribution in [0, 0.1) is 0 Å². The Labute approximate surface area is 107 Å². The smallest absolute Gasteiger partial charge is 0.260 e. The summed E-state index contributed by atoms with van der Waals surface area (Å²) in [6.45, 7) is 1.61. The Morgan fingerprint density at radius 2 is 2.22 bits per heavy atom. The number of hydrogen-bond acceptors (Lipinski definition) is 4. The molecular formula is C11H18N4O2S. The zero-order valence-electron chi connectivity index (χ0n) is 10.2. The van der Waals surface area contributed by atoms with Crippen molar-refractivity contribution in [1.29, 1.82) is 0 Å². The third-order valence-corrected chi connectivity index (χ3v) is 5.73. The fraction of sp³-hybridized carbons (Fsp3) is 0.727. The van der Waals surface area contributed by atoms with E-state index in [4.69, 9.17) is 0 Å². The first-order valence-electron chi connectivity index (χ1n) is 6.44. The number of nitrogens with zero attached hydrogens (tertiary/aromatic N) is 2. The molecule has 0 saturated carbocycles. The Hall–Kier alpha value is -0.920. The van der Waals surface area contributed by atoms with Gasteiger partial charge < -0.3 is 5.32 Å². The maximum atomic E-state index is 12.5. The number of aromatic amines is 1. The van der Waals surface area contributed by atoms with E-state index >= 15 is 0 Å². The lowest BCUT2D eigenvalue weighted by atomic mass is 10.1. The number of aromatic nitrogens is 2. The van der Waals surface area contributed by atoms with Gasteiger partial charge in [0.25, 0.3) is 10.0 Å². The first-order valence-corrected chi connectivity index (χ1v) is 7.88. The minimum Gasteiger partial charge on any atom is -0.312 e. The van der Waals surface area contributed by atoms with Gasteiger partial charge in [-0.05, 0) is 38.3 Å². The molecule has 2 N–H and O–H groups in total. The summed E-state index contributed by atoms with van der Waals surface area (Å²) in [5.41, 5.74) is 0. The lowest BCUT2D eigenvalue weighted by molar-refractivity contribution is 0.321. The van der Waals surface area contributed by atoms with Crippen LogP contribution in [0.1, 0.15) is 25.7 Å². The van der Waals surface area contributed by atoms with E-state index in [0.29, 0.717) is 12.6 Å². The zero-order chi connectivity index (χ0) is 12.6. The highest BCUT2D eigenvalue weighted by Crippen LogP contribution is 2.29. The van der Waals surface area contributed by atoms with Crippen LogP contribution in [0.15, 0.2) is 17.3 Å². The van der Waals surface area contributed by atoms with Crippen molar-refractivity contribution in [2.45, 2.75) is 42.8 Å². The van der Waals surface area contributed by atoms with Gasteiger partial charge in [-0.3, -0.25) is 5.10 Å². The van der Waals surface area contributed by atoms with Crippen LogP contribution < -0.4 is 5.32 Å². The largest absolute Gasteiger partial charge is 0.312 e. The molecule has 18 heavy (non-hydrogen) atoms. The molecule has 0 radical (unpaired) electrons. The van der Waals surface area contributed by atoms with Crippen LogP contribution in [0.2, 0.25) is 0 Å². The van der Waals surface area contributed by atoms with Crippen LogP contribution in [0.25, 0.3) is 0 Å². The molecule has 0 aliphatic carbocycles. The summed E-state index contributed by atoms with van der Waals surface area (Å²) in [6.07, 6.45) is 5.58. The van der Waals surface area contributed by atoms with E-state index in [1.54, 1.807) is 4.31 Å². The third-order valence-electron chi connectivity index (χ3n) is 3.87. The van der Waals surface area contributed by atoms with Crippen LogP contribution in [0.3, 0.4) is 0 Å². The molecule has 2 fully saturated rings. The molecule has 1 aromatic rings. The molecule has 1 aromatic heterocycles. The Bertz CT molecular complexity index is 493. The molecule has 2 atom stereocenters. The molecule has 2 aliphatic rings. The van der Waals surface area contributed by atoms with Gasteiger partial charge in [0.1, 0.15) is 0 Å². The highest BCUT2D eigenvalue weighted by atomic mass is 32.2. The zero-order valence-corrected chi connectivity index (χ0v) is 11.0. The van der Waals surface area contributed by atoms with Gasteiger partial charge in [-0.1, -0.05) is 0 Å². The topological polar surface area (TPSA) is 78.1 Å². The molecule has 0 spiro atoms. The molecule has 3 heterocycles. The second-order valence-corrected chi connectivity index (χ2v) is 6.81. The van der Waals surface area contributed by atoms with Crippen molar-refractivity contribution in [3.63, 3.8) is 0 Å². The monoisotopic (exact) mass is 270 g/mol. The van der Waals surface area contributed by atoms with E-state index in [1.807, 2.05) is 0 Å². The minimum absolute atomic E-state index is 0.0980. The molecule has 0 amide bonds. The summed E-state index contributed by atoms with van der Waals surface area (Å²) >= 11 is 0. The van der Waals surface area contributed by atoms with E-state index in [0.717, 1.165) is 32.2 Å². The van der Waals surface area contributed by atoms with Crippen molar-refractivity contribution in [2.24, 2.45) is 0 Å². The van der Waals surface area contributed by atoms with Gasteiger partial charge in [0.05, 0.1) is 6.20 Å². The highest BCUT2D eigenvalue weighted by Gasteiger charge is 2.40. The number of rotatable bonds is 3. The maximum absolute atomic E-state index is 12.5. The second-order valence-electron chi connectivity index (χ2n) is 4.95. The number of hydrogen-bond donors (Lipinski definition) is 2. The molecule has 100 valence electrons. The molecule has 3 rings (SSSR count).